The first-order chi connectivity index (χ1) is 8.35. The second-order valence-electron chi connectivity index (χ2n) is 3.99. The molecule has 1 aromatic heterocycles. The van der Waals surface area contributed by atoms with Crippen molar-refractivity contribution in [2.45, 2.75) is 6.54 Å². The second kappa shape index (κ2) is 4.98. The predicted molar refractivity (Wildman–Crippen MR) is 73.3 cm³/mol. The summed E-state index contributed by atoms with van der Waals surface area (Å²) in [5.41, 5.74) is 0.824. The monoisotopic (exact) mass is 285 g/mol. The topological polar surface area (TPSA) is 86.6 Å². The molecule has 8 heteroatoms. The fourth-order valence-electron chi connectivity index (χ4n) is 1.56. The summed E-state index contributed by atoms with van der Waals surface area (Å²) in [4.78, 5) is 0. The van der Waals surface area contributed by atoms with Gasteiger partial charge in [-0.3, -0.25) is 0 Å². The van der Waals surface area contributed by atoms with E-state index in [1.807, 2.05) is 18.2 Å². The maximum Gasteiger partial charge on any atom is 0.499 e. The van der Waals surface area contributed by atoms with Gasteiger partial charge >= 0.3 is 7.12 Å². The Morgan fingerprint density at radius 3 is 2.67 bits per heavy atom. The number of nitrogens with one attached hydrogen (secondary N) is 1. The molecule has 2 aromatic rings. The molecule has 5 nitrogen and oxygen atoms in total. The summed E-state index contributed by atoms with van der Waals surface area (Å²) in [5, 5.41) is 19.0. The van der Waals surface area contributed by atoms with Crippen molar-refractivity contribution in [3.63, 3.8) is 0 Å². The molecule has 0 saturated carbocycles. The fourth-order valence-corrected chi connectivity index (χ4v) is 2.91. The number of hydrogen-bond donors (Lipinski definition) is 3. The lowest BCUT2D eigenvalue weighted by Gasteiger charge is -2.02. The van der Waals surface area contributed by atoms with Crippen LogP contribution in [0.25, 0.3) is 10.1 Å². The van der Waals surface area contributed by atoms with Gasteiger partial charge < -0.3 is 10.0 Å². The van der Waals surface area contributed by atoms with Crippen LogP contribution in [-0.2, 0) is 16.6 Å². The van der Waals surface area contributed by atoms with E-state index in [9.17, 15) is 8.42 Å². The molecule has 96 valence electrons. The summed E-state index contributed by atoms with van der Waals surface area (Å²) >= 11 is 1.30. The zero-order chi connectivity index (χ0) is 13.3. The number of sulfonamides is 1. The van der Waals surface area contributed by atoms with Crippen LogP contribution in [0.4, 0.5) is 0 Å². The SMILES string of the molecule is CS(=O)(=O)NCc1ccc2sc(B(O)O)cc2c1. The lowest BCUT2D eigenvalue weighted by molar-refractivity contribution is 0.427. The molecule has 0 amide bonds. The molecule has 3 N–H and O–H groups in total. The molecule has 0 spiro atoms. The van der Waals surface area contributed by atoms with Crippen molar-refractivity contribution >= 4 is 43.3 Å². The minimum Gasteiger partial charge on any atom is -0.423 e. The minimum atomic E-state index is -3.21. The average molecular weight is 285 g/mol. The summed E-state index contributed by atoms with van der Waals surface area (Å²) < 4.78 is 25.8. The summed E-state index contributed by atoms with van der Waals surface area (Å²) in [7, 11) is -4.68. The van der Waals surface area contributed by atoms with E-state index in [1.165, 1.54) is 11.3 Å². The maximum absolute atomic E-state index is 11.0. The van der Waals surface area contributed by atoms with Crippen molar-refractivity contribution < 1.29 is 18.5 Å². The molecule has 1 heterocycles. The molecule has 0 aliphatic carbocycles. The summed E-state index contributed by atoms with van der Waals surface area (Å²) in [6, 6.07) is 7.17. The fraction of sp³-hybridized carbons (Fsp3) is 0.200. The van der Waals surface area contributed by atoms with Gasteiger partial charge in [0.15, 0.2) is 0 Å². The highest BCUT2D eigenvalue weighted by atomic mass is 32.2. The maximum atomic E-state index is 11.0. The molecule has 0 aliphatic heterocycles. The van der Waals surface area contributed by atoms with Crippen LogP contribution in [0.2, 0.25) is 0 Å². The third-order valence-corrected chi connectivity index (χ3v) is 4.22. The minimum absolute atomic E-state index is 0.224. The van der Waals surface area contributed by atoms with Gasteiger partial charge in [0.05, 0.1) is 6.26 Å². The highest BCUT2D eigenvalue weighted by Gasteiger charge is 2.14. The van der Waals surface area contributed by atoms with Gasteiger partial charge in [0.1, 0.15) is 0 Å². The quantitative estimate of drug-likeness (QED) is 0.669. The largest absolute Gasteiger partial charge is 0.499 e. The van der Waals surface area contributed by atoms with Crippen molar-refractivity contribution in [2.24, 2.45) is 0 Å². The Hall–Kier alpha value is -0.925. The van der Waals surface area contributed by atoms with Crippen LogP contribution < -0.4 is 9.50 Å². The average Bonchev–Trinajstić information content (AvgIpc) is 2.68. The first-order valence-electron chi connectivity index (χ1n) is 5.18. The highest BCUT2D eigenvalue weighted by molar-refractivity contribution is 7.88. The summed E-state index contributed by atoms with van der Waals surface area (Å²) in [6.07, 6.45) is 1.11. The Balaban J connectivity index is 2.27. The van der Waals surface area contributed by atoms with Crippen molar-refractivity contribution in [2.75, 3.05) is 6.26 Å². The van der Waals surface area contributed by atoms with E-state index in [0.29, 0.717) is 4.78 Å². The van der Waals surface area contributed by atoms with Crippen LogP contribution in [-0.4, -0.2) is 31.8 Å². The van der Waals surface area contributed by atoms with E-state index in [1.54, 1.807) is 6.07 Å². The van der Waals surface area contributed by atoms with Gasteiger partial charge in [-0.15, -0.1) is 11.3 Å². The van der Waals surface area contributed by atoms with Gasteiger partial charge in [0.2, 0.25) is 10.0 Å². The van der Waals surface area contributed by atoms with Crippen LogP contribution in [0, 0.1) is 0 Å². The number of thiophene rings is 1. The van der Waals surface area contributed by atoms with Crippen LogP contribution >= 0.6 is 11.3 Å². The molecule has 0 bridgehead atoms. The number of benzene rings is 1. The lowest BCUT2D eigenvalue weighted by atomic mass is 9.89. The number of hydrogen-bond acceptors (Lipinski definition) is 5. The van der Waals surface area contributed by atoms with E-state index in [-0.39, 0.29) is 6.54 Å². The smallest absolute Gasteiger partial charge is 0.423 e. The molecule has 0 unspecified atom stereocenters. The second-order valence-corrected chi connectivity index (χ2v) is 6.94. The van der Waals surface area contributed by atoms with Gasteiger partial charge in [0, 0.05) is 16.0 Å². The van der Waals surface area contributed by atoms with Gasteiger partial charge in [-0.2, -0.15) is 0 Å². The normalized spacial score (nSPS) is 11.9. The van der Waals surface area contributed by atoms with E-state index < -0.39 is 17.1 Å². The zero-order valence-electron chi connectivity index (χ0n) is 9.62. The van der Waals surface area contributed by atoms with Crippen molar-refractivity contribution in [1.29, 1.82) is 0 Å². The summed E-state index contributed by atoms with van der Waals surface area (Å²) in [6.45, 7) is 0.224. The standard InChI is InChI=1S/C10H12BNO4S2/c1-18(15,16)12-6-7-2-3-9-8(4-7)5-10(17-9)11(13)14/h2-5,12-14H,6H2,1H3. The van der Waals surface area contributed by atoms with E-state index in [4.69, 9.17) is 10.0 Å². The van der Waals surface area contributed by atoms with Crippen LogP contribution in [0.1, 0.15) is 5.56 Å². The molecule has 0 aliphatic rings. The van der Waals surface area contributed by atoms with Crippen LogP contribution in [0.5, 0.6) is 0 Å². The van der Waals surface area contributed by atoms with Crippen molar-refractivity contribution in [3.05, 3.63) is 29.8 Å². The third kappa shape index (κ3) is 3.30. The van der Waals surface area contributed by atoms with Crippen LogP contribution in [0.15, 0.2) is 24.3 Å². The Morgan fingerprint density at radius 2 is 2.06 bits per heavy atom. The molecular weight excluding hydrogens is 273 g/mol. The molecule has 18 heavy (non-hydrogen) atoms. The lowest BCUT2D eigenvalue weighted by Crippen LogP contribution is -2.26. The van der Waals surface area contributed by atoms with Crippen molar-refractivity contribution in [1.82, 2.24) is 4.72 Å². The van der Waals surface area contributed by atoms with Gasteiger partial charge in [-0.1, -0.05) is 6.07 Å². The van der Waals surface area contributed by atoms with E-state index in [2.05, 4.69) is 4.72 Å². The predicted octanol–water partition coefficient (Wildman–Crippen LogP) is -0.370. The zero-order valence-corrected chi connectivity index (χ0v) is 11.3. The third-order valence-electron chi connectivity index (χ3n) is 2.39. The molecule has 1 aromatic carbocycles. The van der Waals surface area contributed by atoms with Crippen LogP contribution in [0.3, 0.4) is 0 Å². The number of fused-ring (bicyclic) bond motifs is 1. The van der Waals surface area contributed by atoms with E-state index in [0.717, 1.165) is 21.9 Å². The molecule has 0 saturated heterocycles. The Kier molecular flexibility index (Phi) is 3.74. The Bertz CT molecular complexity index is 666. The Morgan fingerprint density at radius 1 is 1.33 bits per heavy atom. The van der Waals surface area contributed by atoms with Gasteiger partial charge in [0.25, 0.3) is 0 Å². The molecule has 0 radical (unpaired) electrons. The molecule has 2 rings (SSSR count). The summed E-state index contributed by atoms with van der Waals surface area (Å²) in [5.74, 6) is 0. The highest BCUT2D eigenvalue weighted by Crippen LogP contribution is 2.20. The van der Waals surface area contributed by atoms with E-state index >= 15 is 0 Å². The molecule has 0 atom stereocenters. The molecule has 0 fully saturated rings. The first-order valence-corrected chi connectivity index (χ1v) is 7.89. The Labute approximate surface area is 109 Å². The molecular formula is C10H12BNO4S2. The number of rotatable bonds is 4. The van der Waals surface area contributed by atoms with Gasteiger partial charge in [-0.05, 0) is 29.1 Å². The van der Waals surface area contributed by atoms with Crippen molar-refractivity contribution in [3.8, 4) is 0 Å². The van der Waals surface area contributed by atoms with Gasteiger partial charge in [-0.25, -0.2) is 13.1 Å². The first kappa shape index (κ1) is 13.5.